The summed E-state index contributed by atoms with van der Waals surface area (Å²) >= 11 is 0. The molecule has 2 rings (SSSR count). The molecular formula is C13H24N2O. The molecule has 3 N–H and O–H groups in total. The molecule has 0 aliphatic heterocycles. The highest BCUT2D eigenvalue weighted by molar-refractivity contribution is 5.77. The van der Waals surface area contributed by atoms with Gasteiger partial charge in [0.05, 0.1) is 5.92 Å². The number of hydrogen-bond acceptors (Lipinski definition) is 2. The first kappa shape index (κ1) is 11.9. The SMILES string of the molecule is CC1CCCC(NC2CCCC2C(N)=O)C1. The van der Waals surface area contributed by atoms with Crippen LogP contribution < -0.4 is 11.1 Å². The maximum atomic E-state index is 11.3. The van der Waals surface area contributed by atoms with E-state index in [1.54, 1.807) is 0 Å². The molecule has 3 nitrogen and oxygen atoms in total. The third kappa shape index (κ3) is 2.76. The van der Waals surface area contributed by atoms with E-state index in [1.165, 1.54) is 25.7 Å². The van der Waals surface area contributed by atoms with Crippen molar-refractivity contribution in [2.45, 2.75) is 64.0 Å². The highest BCUT2D eigenvalue weighted by Gasteiger charge is 2.33. The first-order valence-corrected chi connectivity index (χ1v) is 6.72. The summed E-state index contributed by atoms with van der Waals surface area (Å²) in [5.74, 6) is 0.802. The molecule has 0 aromatic heterocycles. The zero-order valence-electron chi connectivity index (χ0n) is 10.2. The van der Waals surface area contributed by atoms with Crippen LogP contribution in [0.1, 0.15) is 51.9 Å². The molecule has 2 aliphatic carbocycles. The fraction of sp³-hybridized carbons (Fsp3) is 0.923. The second kappa shape index (κ2) is 5.17. The van der Waals surface area contributed by atoms with Crippen molar-refractivity contribution in [3.8, 4) is 0 Å². The van der Waals surface area contributed by atoms with Gasteiger partial charge >= 0.3 is 0 Å². The molecule has 0 radical (unpaired) electrons. The van der Waals surface area contributed by atoms with Gasteiger partial charge in [0, 0.05) is 12.1 Å². The summed E-state index contributed by atoms with van der Waals surface area (Å²) in [6.45, 7) is 2.33. The summed E-state index contributed by atoms with van der Waals surface area (Å²) in [5.41, 5.74) is 5.44. The third-order valence-corrected chi connectivity index (χ3v) is 4.27. The number of nitrogens with two attached hydrogens (primary N) is 1. The second-order valence-corrected chi connectivity index (χ2v) is 5.68. The lowest BCUT2D eigenvalue weighted by Crippen LogP contribution is -2.45. The first-order chi connectivity index (χ1) is 7.66. The Balaban J connectivity index is 1.86. The lowest BCUT2D eigenvalue weighted by atomic mass is 9.86. The largest absolute Gasteiger partial charge is 0.369 e. The molecular weight excluding hydrogens is 200 g/mol. The Morgan fingerprint density at radius 2 is 1.94 bits per heavy atom. The zero-order chi connectivity index (χ0) is 11.5. The van der Waals surface area contributed by atoms with Crippen molar-refractivity contribution in [3.63, 3.8) is 0 Å². The topological polar surface area (TPSA) is 55.1 Å². The van der Waals surface area contributed by atoms with E-state index in [1.807, 2.05) is 0 Å². The Bertz CT molecular complexity index is 254. The molecule has 2 saturated carbocycles. The monoisotopic (exact) mass is 224 g/mol. The third-order valence-electron chi connectivity index (χ3n) is 4.27. The van der Waals surface area contributed by atoms with Crippen molar-refractivity contribution in [1.82, 2.24) is 5.32 Å². The van der Waals surface area contributed by atoms with E-state index >= 15 is 0 Å². The molecule has 2 aliphatic rings. The quantitative estimate of drug-likeness (QED) is 0.768. The van der Waals surface area contributed by atoms with Crippen molar-refractivity contribution in [3.05, 3.63) is 0 Å². The van der Waals surface area contributed by atoms with Gasteiger partial charge in [-0.3, -0.25) is 4.79 Å². The molecule has 0 saturated heterocycles. The average molecular weight is 224 g/mol. The summed E-state index contributed by atoms with van der Waals surface area (Å²) in [6, 6.07) is 0.974. The van der Waals surface area contributed by atoms with E-state index in [4.69, 9.17) is 5.73 Å². The molecule has 92 valence electrons. The Morgan fingerprint density at radius 1 is 1.19 bits per heavy atom. The lowest BCUT2D eigenvalue weighted by molar-refractivity contribution is -0.122. The van der Waals surface area contributed by atoms with Gasteiger partial charge in [0.1, 0.15) is 0 Å². The fourth-order valence-electron chi connectivity index (χ4n) is 3.39. The molecule has 0 bridgehead atoms. The van der Waals surface area contributed by atoms with E-state index in [0.29, 0.717) is 12.1 Å². The molecule has 0 aromatic rings. The van der Waals surface area contributed by atoms with Crippen LogP contribution in [0.15, 0.2) is 0 Å². The summed E-state index contributed by atoms with van der Waals surface area (Å²) in [4.78, 5) is 11.3. The maximum Gasteiger partial charge on any atom is 0.222 e. The number of amides is 1. The molecule has 0 heterocycles. The van der Waals surface area contributed by atoms with Crippen LogP contribution in [0.5, 0.6) is 0 Å². The Kier molecular flexibility index (Phi) is 3.85. The van der Waals surface area contributed by atoms with E-state index in [-0.39, 0.29) is 11.8 Å². The van der Waals surface area contributed by atoms with Gasteiger partial charge in [0.15, 0.2) is 0 Å². The molecule has 4 atom stereocenters. The van der Waals surface area contributed by atoms with Crippen molar-refractivity contribution in [1.29, 1.82) is 0 Å². The van der Waals surface area contributed by atoms with E-state index in [2.05, 4.69) is 12.2 Å². The van der Waals surface area contributed by atoms with Crippen LogP contribution in [0, 0.1) is 11.8 Å². The van der Waals surface area contributed by atoms with Gasteiger partial charge in [-0.05, 0) is 31.6 Å². The average Bonchev–Trinajstić information content (AvgIpc) is 2.66. The minimum atomic E-state index is -0.112. The predicted molar refractivity (Wildman–Crippen MR) is 64.9 cm³/mol. The minimum absolute atomic E-state index is 0.0808. The Hall–Kier alpha value is -0.570. The number of primary amides is 1. The van der Waals surface area contributed by atoms with Gasteiger partial charge < -0.3 is 11.1 Å². The first-order valence-electron chi connectivity index (χ1n) is 6.72. The summed E-state index contributed by atoms with van der Waals surface area (Å²) < 4.78 is 0. The van der Waals surface area contributed by atoms with Crippen LogP contribution in [-0.2, 0) is 4.79 Å². The van der Waals surface area contributed by atoms with Crippen molar-refractivity contribution < 1.29 is 4.79 Å². The van der Waals surface area contributed by atoms with Crippen LogP contribution >= 0.6 is 0 Å². The maximum absolute atomic E-state index is 11.3. The van der Waals surface area contributed by atoms with Crippen molar-refractivity contribution >= 4 is 5.91 Å². The number of carbonyl (C=O) groups is 1. The Labute approximate surface area is 98.2 Å². The van der Waals surface area contributed by atoms with E-state index in [0.717, 1.165) is 25.2 Å². The normalized spacial score (nSPS) is 39.8. The van der Waals surface area contributed by atoms with E-state index in [9.17, 15) is 4.79 Å². The second-order valence-electron chi connectivity index (χ2n) is 5.68. The van der Waals surface area contributed by atoms with Crippen LogP contribution in [0.3, 0.4) is 0 Å². The van der Waals surface area contributed by atoms with Crippen LogP contribution in [-0.4, -0.2) is 18.0 Å². The van der Waals surface area contributed by atoms with Gasteiger partial charge in [-0.1, -0.05) is 26.2 Å². The predicted octanol–water partition coefficient (Wildman–Crippen LogP) is 1.81. The molecule has 16 heavy (non-hydrogen) atoms. The van der Waals surface area contributed by atoms with Gasteiger partial charge in [0.2, 0.25) is 5.91 Å². The van der Waals surface area contributed by atoms with Crippen LogP contribution in [0.4, 0.5) is 0 Å². The number of hydrogen-bond donors (Lipinski definition) is 2. The minimum Gasteiger partial charge on any atom is -0.369 e. The van der Waals surface area contributed by atoms with E-state index < -0.39 is 0 Å². The molecule has 1 amide bonds. The standard InChI is InChI=1S/C13H24N2O/c1-9-4-2-5-10(8-9)15-12-7-3-6-11(12)13(14)16/h9-12,15H,2-8H2,1H3,(H2,14,16). The molecule has 0 spiro atoms. The smallest absolute Gasteiger partial charge is 0.222 e. The van der Waals surface area contributed by atoms with Gasteiger partial charge in [-0.15, -0.1) is 0 Å². The van der Waals surface area contributed by atoms with Gasteiger partial charge in [0.25, 0.3) is 0 Å². The number of carbonyl (C=O) groups excluding carboxylic acids is 1. The van der Waals surface area contributed by atoms with Crippen molar-refractivity contribution in [2.75, 3.05) is 0 Å². The molecule has 2 fully saturated rings. The summed E-state index contributed by atoms with van der Waals surface area (Å²) in [5, 5.41) is 3.68. The van der Waals surface area contributed by atoms with Crippen LogP contribution in [0.25, 0.3) is 0 Å². The van der Waals surface area contributed by atoms with Gasteiger partial charge in [-0.25, -0.2) is 0 Å². The summed E-state index contributed by atoms with van der Waals surface area (Å²) in [7, 11) is 0. The van der Waals surface area contributed by atoms with Gasteiger partial charge in [-0.2, -0.15) is 0 Å². The Morgan fingerprint density at radius 3 is 2.62 bits per heavy atom. The zero-order valence-corrected chi connectivity index (χ0v) is 10.2. The molecule has 0 aromatic carbocycles. The molecule has 3 heteroatoms. The highest BCUT2D eigenvalue weighted by Crippen LogP contribution is 2.29. The van der Waals surface area contributed by atoms with Crippen molar-refractivity contribution in [2.24, 2.45) is 17.6 Å². The summed E-state index contributed by atoms with van der Waals surface area (Å²) in [6.07, 6.45) is 8.48. The lowest BCUT2D eigenvalue weighted by Gasteiger charge is -2.31. The number of rotatable bonds is 3. The fourth-order valence-corrected chi connectivity index (χ4v) is 3.39. The molecule has 4 unspecified atom stereocenters. The highest BCUT2D eigenvalue weighted by atomic mass is 16.1. The number of nitrogens with one attached hydrogen (secondary N) is 1. The van der Waals surface area contributed by atoms with Crippen LogP contribution in [0.2, 0.25) is 0 Å².